The summed E-state index contributed by atoms with van der Waals surface area (Å²) in [7, 11) is -3.78. The van der Waals surface area contributed by atoms with E-state index in [9.17, 15) is 8.42 Å². The standard InChI is InChI=1S/C6H6N6O2S2/c7-5-4(2-1-3-8-5)16(13,14)10-6-9-11-12-15-6/h1-3H,(H2,7,8)(H,9,10,12). The summed E-state index contributed by atoms with van der Waals surface area (Å²) in [6, 6.07) is 2.82. The number of nitrogens with zero attached hydrogens (tertiary/aromatic N) is 4. The van der Waals surface area contributed by atoms with Gasteiger partial charge in [-0.1, -0.05) is 9.59 Å². The number of nitrogen functional groups attached to an aromatic ring is 1. The molecule has 2 aromatic heterocycles. The van der Waals surface area contributed by atoms with E-state index in [2.05, 4.69) is 24.5 Å². The number of nitrogens with two attached hydrogens (primary N) is 1. The van der Waals surface area contributed by atoms with E-state index in [4.69, 9.17) is 5.73 Å². The molecule has 0 fully saturated rings. The summed E-state index contributed by atoms with van der Waals surface area (Å²) >= 11 is 0.827. The second-order valence-electron chi connectivity index (χ2n) is 2.66. The number of nitrogens with one attached hydrogen (secondary N) is 1. The molecule has 0 saturated carbocycles. The first kappa shape index (κ1) is 10.7. The van der Waals surface area contributed by atoms with E-state index >= 15 is 0 Å². The van der Waals surface area contributed by atoms with Gasteiger partial charge in [-0.2, -0.15) is 0 Å². The first-order chi connectivity index (χ1) is 7.59. The highest BCUT2D eigenvalue weighted by atomic mass is 32.2. The van der Waals surface area contributed by atoms with Crippen molar-refractivity contribution in [2.24, 2.45) is 0 Å². The summed E-state index contributed by atoms with van der Waals surface area (Å²) in [6.07, 6.45) is 1.40. The van der Waals surface area contributed by atoms with Crippen LogP contribution in [0, 0.1) is 0 Å². The summed E-state index contributed by atoms with van der Waals surface area (Å²) in [5.74, 6) is -0.0764. The van der Waals surface area contributed by atoms with E-state index in [1.165, 1.54) is 18.3 Å². The third kappa shape index (κ3) is 2.06. The molecule has 10 heteroatoms. The molecule has 0 atom stereocenters. The van der Waals surface area contributed by atoms with Crippen LogP contribution < -0.4 is 10.5 Å². The predicted octanol–water partition coefficient (Wildman–Crippen LogP) is -0.289. The van der Waals surface area contributed by atoms with Gasteiger partial charge in [0.2, 0.25) is 5.13 Å². The summed E-state index contributed by atoms with van der Waals surface area (Å²) in [4.78, 5) is 3.58. The molecular weight excluding hydrogens is 252 g/mol. The molecule has 0 saturated heterocycles. The molecule has 0 aliphatic rings. The first-order valence-electron chi connectivity index (χ1n) is 3.98. The van der Waals surface area contributed by atoms with E-state index in [-0.39, 0.29) is 15.8 Å². The van der Waals surface area contributed by atoms with E-state index in [1.54, 1.807) is 0 Å². The maximum atomic E-state index is 11.8. The molecule has 0 aromatic carbocycles. The molecular formula is C6H6N6O2S2. The third-order valence-corrected chi connectivity index (χ3v) is 3.64. The van der Waals surface area contributed by atoms with Gasteiger partial charge in [0.15, 0.2) is 0 Å². The Morgan fingerprint density at radius 3 is 2.88 bits per heavy atom. The number of hydrogen-bond donors (Lipinski definition) is 2. The lowest BCUT2D eigenvalue weighted by Gasteiger charge is -2.05. The molecule has 0 amide bonds. The smallest absolute Gasteiger partial charge is 0.267 e. The van der Waals surface area contributed by atoms with Gasteiger partial charge in [0, 0.05) is 17.7 Å². The first-order valence-corrected chi connectivity index (χ1v) is 6.23. The monoisotopic (exact) mass is 258 g/mol. The van der Waals surface area contributed by atoms with Crippen LogP contribution >= 0.6 is 11.5 Å². The van der Waals surface area contributed by atoms with Crippen molar-refractivity contribution in [3.05, 3.63) is 18.3 Å². The summed E-state index contributed by atoms with van der Waals surface area (Å²) < 4.78 is 29.2. The number of hydrogen-bond acceptors (Lipinski definition) is 8. The summed E-state index contributed by atoms with van der Waals surface area (Å²) in [6.45, 7) is 0. The topological polar surface area (TPSA) is 124 Å². The van der Waals surface area contributed by atoms with Crippen LogP contribution in [0.15, 0.2) is 23.2 Å². The van der Waals surface area contributed by atoms with Crippen LogP contribution in [0.1, 0.15) is 0 Å². The maximum Gasteiger partial charge on any atom is 0.267 e. The molecule has 2 rings (SSSR count). The van der Waals surface area contributed by atoms with E-state index in [0.29, 0.717) is 0 Å². The minimum absolute atomic E-state index is 0.0725. The van der Waals surface area contributed by atoms with Crippen LogP contribution in [0.5, 0.6) is 0 Å². The van der Waals surface area contributed by atoms with Crippen LogP contribution in [0.2, 0.25) is 0 Å². The maximum absolute atomic E-state index is 11.8. The molecule has 0 bridgehead atoms. The molecule has 0 unspecified atom stereocenters. The zero-order valence-corrected chi connectivity index (χ0v) is 9.36. The van der Waals surface area contributed by atoms with Gasteiger partial charge in [-0.15, -0.1) is 0 Å². The number of aromatic nitrogens is 4. The Kier molecular flexibility index (Phi) is 2.66. The van der Waals surface area contributed by atoms with E-state index in [0.717, 1.165) is 11.5 Å². The average molecular weight is 258 g/mol. The Bertz CT molecular complexity index is 581. The van der Waals surface area contributed by atoms with Gasteiger partial charge in [0.25, 0.3) is 10.0 Å². The Morgan fingerprint density at radius 2 is 2.25 bits per heavy atom. The zero-order chi connectivity index (χ0) is 11.6. The normalized spacial score (nSPS) is 11.2. The molecule has 0 aliphatic carbocycles. The lowest BCUT2D eigenvalue weighted by Crippen LogP contribution is -2.15. The predicted molar refractivity (Wildman–Crippen MR) is 57.2 cm³/mol. The quantitative estimate of drug-likeness (QED) is 0.775. The van der Waals surface area contributed by atoms with Gasteiger partial charge in [-0.05, 0) is 17.3 Å². The Balaban J connectivity index is 2.37. The van der Waals surface area contributed by atoms with Gasteiger partial charge >= 0.3 is 0 Å². The van der Waals surface area contributed by atoms with Gasteiger partial charge in [-0.3, -0.25) is 4.72 Å². The fraction of sp³-hybridized carbons (Fsp3) is 0. The molecule has 8 nitrogen and oxygen atoms in total. The van der Waals surface area contributed by atoms with Crippen LogP contribution in [0.25, 0.3) is 0 Å². The van der Waals surface area contributed by atoms with E-state index < -0.39 is 10.0 Å². The van der Waals surface area contributed by atoms with Crippen molar-refractivity contribution in [3.63, 3.8) is 0 Å². The molecule has 0 aliphatic heterocycles. The highest BCUT2D eigenvalue weighted by Crippen LogP contribution is 2.18. The molecule has 2 heterocycles. The lowest BCUT2D eigenvalue weighted by molar-refractivity contribution is 0.601. The highest BCUT2D eigenvalue weighted by molar-refractivity contribution is 7.93. The zero-order valence-electron chi connectivity index (χ0n) is 7.73. The van der Waals surface area contributed by atoms with Crippen molar-refractivity contribution in [3.8, 4) is 0 Å². The fourth-order valence-corrected chi connectivity index (χ4v) is 2.64. The molecule has 2 aromatic rings. The summed E-state index contributed by atoms with van der Waals surface area (Å²) in [5, 5.41) is 6.80. The largest absolute Gasteiger partial charge is 0.383 e. The number of sulfonamides is 1. The second kappa shape index (κ2) is 3.98. The SMILES string of the molecule is Nc1ncccc1S(=O)(=O)Nc1nnns1. The van der Waals surface area contributed by atoms with Crippen molar-refractivity contribution in [2.75, 3.05) is 10.5 Å². The molecule has 16 heavy (non-hydrogen) atoms. The van der Waals surface area contributed by atoms with Crippen LogP contribution in [0.3, 0.4) is 0 Å². The molecule has 0 spiro atoms. The Labute approximate surface area is 94.7 Å². The van der Waals surface area contributed by atoms with Gasteiger partial charge in [0.1, 0.15) is 10.7 Å². The average Bonchev–Trinajstić information content (AvgIpc) is 2.70. The Hall–Kier alpha value is -1.81. The van der Waals surface area contributed by atoms with Crippen molar-refractivity contribution in [1.82, 2.24) is 19.8 Å². The Morgan fingerprint density at radius 1 is 1.44 bits per heavy atom. The van der Waals surface area contributed by atoms with Crippen molar-refractivity contribution >= 4 is 32.5 Å². The van der Waals surface area contributed by atoms with Gasteiger partial charge in [0.05, 0.1) is 0 Å². The van der Waals surface area contributed by atoms with Crippen molar-refractivity contribution in [1.29, 1.82) is 0 Å². The molecule has 84 valence electrons. The van der Waals surface area contributed by atoms with E-state index in [1.807, 2.05) is 0 Å². The van der Waals surface area contributed by atoms with Crippen LogP contribution in [0.4, 0.5) is 10.9 Å². The number of rotatable bonds is 3. The number of pyridine rings is 1. The van der Waals surface area contributed by atoms with Crippen molar-refractivity contribution < 1.29 is 8.42 Å². The van der Waals surface area contributed by atoms with Crippen molar-refractivity contribution in [2.45, 2.75) is 4.90 Å². The molecule has 3 N–H and O–H groups in total. The minimum atomic E-state index is -3.78. The minimum Gasteiger partial charge on any atom is -0.383 e. The highest BCUT2D eigenvalue weighted by Gasteiger charge is 2.19. The fourth-order valence-electron chi connectivity index (χ4n) is 0.973. The third-order valence-electron chi connectivity index (χ3n) is 1.61. The van der Waals surface area contributed by atoms with Gasteiger partial charge < -0.3 is 5.73 Å². The lowest BCUT2D eigenvalue weighted by atomic mass is 10.5. The second-order valence-corrected chi connectivity index (χ2v) is 5.04. The van der Waals surface area contributed by atoms with Crippen LogP contribution in [-0.2, 0) is 10.0 Å². The summed E-state index contributed by atoms with van der Waals surface area (Å²) in [5.41, 5.74) is 5.46. The van der Waals surface area contributed by atoms with Gasteiger partial charge in [-0.25, -0.2) is 13.4 Å². The van der Waals surface area contributed by atoms with Crippen LogP contribution in [-0.4, -0.2) is 28.2 Å². The molecule has 0 radical (unpaired) electrons. The number of anilines is 2.